The first kappa shape index (κ1) is 12.7. The van der Waals surface area contributed by atoms with E-state index in [0.29, 0.717) is 0 Å². The van der Waals surface area contributed by atoms with Crippen LogP contribution in [0.15, 0.2) is 22.2 Å². The molecule has 0 radical (unpaired) electrons. The zero-order chi connectivity index (χ0) is 10.1. The van der Waals surface area contributed by atoms with Crippen LogP contribution in [0, 0.1) is 0 Å². The Morgan fingerprint density at radius 2 is 1.77 bits per heavy atom. The largest absolute Gasteiger partial charge is 0.150 e. The van der Waals surface area contributed by atoms with Crippen LogP contribution >= 0.6 is 22.7 Å². The third-order valence-corrected chi connectivity index (χ3v) is 2.89. The molecule has 2 aromatic heterocycles. The van der Waals surface area contributed by atoms with Gasteiger partial charge in [0.25, 0.3) is 0 Å². The lowest BCUT2D eigenvalue weighted by atomic mass is 10.4. The van der Waals surface area contributed by atoms with Crippen LogP contribution in [0.1, 0.15) is 34.1 Å². The van der Waals surface area contributed by atoms with Gasteiger partial charge in [0, 0.05) is 15.5 Å². The van der Waals surface area contributed by atoms with Crippen molar-refractivity contribution in [3.63, 3.8) is 0 Å². The summed E-state index contributed by atoms with van der Waals surface area (Å²) in [5.74, 6) is 0. The second-order valence-corrected chi connectivity index (χ2v) is 4.01. The van der Waals surface area contributed by atoms with Crippen molar-refractivity contribution in [1.29, 1.82) is 0 Å². The number of fused-ring (bicyclic) bond motifs is 1. The van der Waals surface area contributed by atoms with Gasteiger partial charge in [-0.1, -0.05) is 34.1 Å². The Morgan fingerprint density at radius 3 is 2.31 bits per heavy atom. The lowest BCUT2D eigenvalue weighted by Crippen LogP contribution is -1.36. The quantitative estimate of drug-likeness (QED) is 0.550. The van der Waals surface area contributed by atoms with Crippen molar-refractivity contribution in [2.75, 3.05) is 0 Å². The van der Waals surface area contributed by atoms with E-state index in [1.807, 2.05) is 13.8 Å². The van der Waals surface area contributed by atoms with Crippen LogP contribution in [0.25, 0.3) is 10.1 Å². The molecule has 0 fully saturated rings. The number of hydrogen-bond donors (Lipinski definition) is 0. The molecule has 0 aromatic carbocycles. The molecule has 2 rings (SSSR count). The monoisotopic (exact) mass is 214 g/mol. The summed E-state index contributed by atoms with van der Waals surface area (Å²) in [6.45, 7) is 8.25. The van der Waals surface area contributed by atoms with Gasteiger partial charge in [0.1, 0.15) is 0 Å². The van der Waals surface area contributed by atoms with Crippen molar-refractivity contribution in [3.05, 3.63) is 22.2 Å². The van der Waals surface area contributed by atoms with Gasteiger partial charge in [-0.3, -0.25) is 0 Å². The Balaban J connectivity index is 0.000000251. The Hall–Kier alpha value is -0.340. The molecule has 2 heterocycles. The van der Waals surface area contributed by atoms with E-state index >= 15 is 0 Å². The van der Waals surface area contributed by atoms with Gasteiger partial charge in [-0.15, -0.1) is 11.3 Å². The van der Waals surface area contributed by atoms with Gasteiger partial charge in [0.2, 0.25) is 0 Å². The van der Waals surface area contributed by atoms with Gasteiger partial charge in [-0.25, -0.2) is 0 Å². The summed E-state index contributed by atoms with van der Waals surface area (Å²) in [6, 6.07) is 2.15. The third-order valence-electron chi connectivity index (χ3n) is 1.10. The van der Waals surface area contributed by atoms with E-state index in [0.717, 1.165) is 0 Å². The second kappa shape index (κ2) is 8.27. The van der Waals surface area contributed by atoms with E-state index in [1.165, 1.54) is 16.5 Å². The summed E-state index contributed by atoms with van der Waals surface area (Å²) >= 11 is 3.57. The summed E-state index contributed by atoms with van der Waals surface area (Å²) in [4.78, 5) is 0. The molecule has 0 amide bonds. The molecular formula is C11H18S2. The van der Waals surface area contributed by atoms with Gasteiger partial charge >= 0.3 is 0 Å². The van der Waals surface area contributed by atoms with E-state index < -0.39 is 0 Å². The number of rotatable bonds is 0. The smallest absolute Gasteiger partial charge is 0.0449 e. The van der Waals surface area contributed by atoms with E-state index in [1.54, 1.807) is 22.7 Å². The summed E-state index contributed by atoms with van der Waals surface area (Å²) in [5, 5.41) is 7.86. The summed E-state index contributed by atoms with van der Waals surface area (Å²) in [7, 11) is 0. The highest BCUT2D eigenvalue weighted by atomic mass is 32.1. The molecule has 0 aliphatic rings. The van der Waals surface area contributed by atoms with Crippen LogP contribution in [0.2, 0.25) is 0 Å². The molecular weight excluding hydrogens is 196 g/mol. The molecule has 0 aliphatic heterocycles. The highest BCUT2D eigenvalue weighted by Crippen LogP contribution is 2.23. The van der Waals surface area contributed by atoms with E-state index in [2.05, 4.69) is 36.1 Å². The molecule has 0 saturated carbocycles. The van der Waals surface area contributed by atoms with Crippen molar-refractivity contribution in [2.24, 2.45) is 0 Å². The Labute approximate surface area is 89.2 Å². The van der Waals surface area contributed by atoms with E-state index in [-0.39, 0.29) is 0 Å². The lowest BCUT2D eigenvalue weighted by Gasteiger charge is -1.63. The molecule has 2 aromatic rings. The first-order chi connectivity index (χ1) is 6.38. The highest BCUT2D eigenvalue weighted by molar-refractivity contribution is 7.21. The van der Waals surface area contributed by atoms with E-state index in [9.17, 15) is 0 Å². The van der Waals surface area contributed by atoms with Gasteiger partial charge in [-0.2, -0.15) is 11.3 Å². The summed E-state index contributed by atoms with van der Waals surface area (Å²) in [6.07, 6.45) is 1.25. The van der Waals surface area contributed by atoms with Gasteiger partial charge < -0.3 is 0 Å². The van der Waals surface area contributed by atoms with Crippen molar-refractivity contribution in [2.45, 2.75) is 34.1 Å². The molecule has 0 spiro atoms. The van der Waals surface area contributed by atoms with Crippen LogP contribution in [0.5, 0.6) is 0 Å². The van der Waals surface area contributed by atoms with Crippen LogP contribution in [0.4, 0.5) is 0 Å². The molecule has 2 heteroatoms. The second-order valence-electron chi connectivity index (χ2n) is 2.32. The number of thiophene rings is 2. The van der Waals surface area contributed by atoms with Crippen LogP contribution in [-0.4, -0.2) is 0 Å². The Morgan fingerprint density at radius 1 is 1.15 bits per heavy atom. The molecule has 0 aliphatic carbocycles. The maximum atomic E-state index is 2.18. The minimum absolute atomic E-state index is 1.25. The molecule has 0 bridgehead atoms. The van der Waals surface area contributed by atoms with E-state index in [4.69, 9.17) is 0 Å². The Kier molecular flexibility index (Phi) is 8.05. The third kappa shape index (κ3) is 4.44. The van der Waals surface area contributed by atoms with Gasteiger partial charge in [0.05, 0.1) is 0 Å². The molecule has 0 N–H and O–H groups in total. The first-order valence-electron chi connectivity index (χ1n) is 4.77. The lowest BCUT2D eigenvalue weighted by molar-refractivity contribution is 1.09. The highest BCUT2D eigenvalue weighted by Gasteiger charge is 1.90. The molecule has 0 saturated heterocycles. The fourth-order valence-corrected chi connectivity index (χ4v) is 2.46. The fraction of sp³-hybridized carbons (Fsp3) is 0.455. The van der Waals surface area contributed by atoms with Crippen molar-refractivity contribution >= 4 is 32.8 Å². The van der Waals surface area contributed by atoms with Crippen LogP contribution in [-0.2, 0) is 0 Å². The zero-order valence-electron chi connectivity index (χ0n) is 8.83. The van der Waals surface area contributed by atoms with Crippen LogP contribution < -0.4 is 0 Å². The minimum Gasteiger partial charge on any atom is -0.150 e. The van der Waals surface area contributed by atoms with Crippen molar-refractivity contribution < 1.29 is 0 Å². The topological polar surface area (TPSA) is 0 Å². The summed E-state index contributed by atoms with van der Waals surface area (Å²) < 4.78 is 1.41. The van der Waals surface area contributed by atoms with Gasteiger partial charge in [-0.05, 0) is 16.8 Å². The molecule has 0 nitrogen and oxygen atoms in total. The number of hydrogen-bond acceptors (Lipinski definition) is 2. The normalized spacial score (nSPS) is 8.31. The molecule has 74 valence electrons. The average molecular weight is 214 g/mol. The fourth-order valence-electron chi connectivity index (χ4n) is 0.693. The maximum Gasteiger partial charge on any atom is 0.0449 e. The predicted molar refractivity (Wildman–Crippen MR) is 67.0 cm³/mol. The Bertz CT molecular complexity index is 242. The van der Waals surface area contributed by atoms with Crippen molar-refractivity contribution in [3.8, 4) is 0 Å². The minimum atomic E-state index is 1.25. The predicted octanol–water partition coefficient (Wildman–Crippen LogP) is 5.41. The summed E-state index contributed by atoms with van der Waals surface area (Å²) in [5.41, 5.74) is 0. The molecule has 0 unspecified atom stereocenters. The average Bonchev–Trinajstić information content (AvgIpc) is 2.69. The SMILES string of the molecule is CC.CCC.c1cc2cscc2s1. The van der Waals surface area contributed by atoms with Crippen LogP contribution in [0.3, 0.4) is 0 Å². The van der Waals surface area contributed by atoms with Crippen molar-refractivity contribution in [1.82, 2.24) is 0 Å². The standard InChI is InChI=1S/C6H4S2.C3H8.C2H6/c1-2-8-6-4-7-3-5(1)6;1-3-2;1-2/h1-4H;3H2,1-2H3;1-2H3. The maximum absolute atomic E-state index is 2.18. The zero-order valence-corrected chi connectivity index (χ0v) is 10.5. The molecule has 0 atom stereocenters. The first-order valence-corrected chi connectivity index (χ1v) is 6.60. The molecule has 13 heavy (non-hydrogen) atoms. The van der Waals surface area contributed by atoms with Gasteiger partial charge in [0.15, 0.2) is 0 Å².